The lowest BCUT2D eigenvalue weighted by molar-refractivity contribution is -0.953. The molecule has 1 fully saturated rings. The molecule has 162 valence electrons. The molecule has 5 rings (SSSR count). The molecule has 9 heteroatoms. The number of para-hydroxylation sites is 1. The number of benzene rings is 2. The number of ether oxygens (including phenoxy) is 2. The molecule has 3 aliphatic rings. The molecule has 0 radical (unpaired) electrons. The Kier molecular flexibility index (Phi) is 4.44. The van der Waals surface area contributed by atoms with Crippen molar-refractivity contribution in [2.45, 2.75) is 24.1 Å². The summed E-state index contributed by atoms with van der Waals surface area (Å²) in [5.41, 5.74) is 0.446. The van der Waals surface area contributed by atoms with Gasteiger partial charge >= 0.3 is 0 Å². The molecule has 3 aliphatic heterocycles. The molecule has 8 nitrogen and oxygen atoms in total. The second kappa shape index (κ2) is 6.85. The maximum absolute atomic E-state index is 13.9. The van der Waals surface area contributed by atoms with Gasteiger partial charge in [-0.3, -0.25) is 14.1 Å². The van der Waals surface area contributed by atoms with Crippen LogP contribution in [-0.4, -0.2) is 61.0 Å². The van der Waals surface area contributed by atoms with E-state index in [0.717, 1.165) is 0 Å². The monoisotopic (exact) mass is 444 g/mol. The van der Waals surface area contributed by atoms with Gasteiger partial charge in [-0.15, -0.1) is 0 Å². The third kappa shape index (κ3) is 2.55. The lowest BCUT2D eigenvalue weighted by Gasteiger charge is -2.48. The van der Waals surface area contributed by atoms with E-state index in [0.29, 0.717) is 33.3 Å². The molecule has 3 heterocycles. The van der Waals surface area contributed by atoms with E-state index < -0.39 is 17.7 Å². The first-order chi connectivity index (χ1) is 14.8. The van der Waals surface area contributed by atoms with Crippen molar-refractivity contribution in [3.05, 3.63) is 52.5 Å². The van der Waals surface area contributed by atoms with Crippen LogP contribution < -0.4 is 20.1 Å². The fourth-order valence-electron chi connectivity index (χ4n) is 5.56. The van der Waals surface area contributed by atoms with Gasteiger partial charge in [0.2, 0.25) is 12.3 Å². The lowest BCUT2D eigenvalue weighted by atomic mass is 9.78. The van der Waals surface area contributed by atoms with Gasteiger partial charge in [-0.2, -0.15) is 0 Å². The zero-order valence-electron chi connectivity index (χ0n) is 17.1. The van der Waals surface area contributed by atoms with Crippen molar-refractivity contribution in [1.82, 2.24) is 5.32 Å². The molecule has 0 bridgehead atoms. The smallest absolute Gasteiger partial charge is 0.295 e. The zero-order valence-corrected chi connectivity index (χ0v) is 17.9. The Morgan fingerprint density at radius 2 is 2.10 bits per heavy atom. The maximum Gasteiger partial charge on any atom is 0.295 e. The largest absolute Gasteiger partial charge is 0.454 e. The highest BCUT2D eigenvalue weighted by Gasteiger charge is 2.69. The average molecular weight is 445 g/mol. The molecular weight excluding hydrogens is 422 g/mol. The number of likely N-dealkylation sites (tertiary alicyclic amines) is 1. The highest BCUT2D eigenvalue weighted by atomic mass is 35.5. The van der Waals surface area contributed by atoms with Crippen molar-refractivity contribution in [2.24, 2.45) is 0 Å². The van der Waals surface area contributed by atoms with Crippen LogP contribution in [0.25, 0.3) is 0 Å². The maximum atomic E-state index is 13.9. The fraction of sp³-hybridized carbons (Fsp3) is 0.364. The summed E-state index contributed by atoms with van der Waals surface area (Å²) in [7, 11) is 3.39. The quantitative estimate of drug-likeness (QED) is 0.625. The number of amides is 2. The van der Waals surface area contributed by atoms with Gasteiger partial charge in [-0.25, -0.2) is 0 Å². The number of anilines is 1. The van der Waals surface area contributed by atoms with Crippen LogP contribution in [-0.2, 0) is 15.1 Å². The molecule has 0 aromatic heterocycles. The summed E-state index contributed by atoms with van der Waals surface area (Å²) in [6.07, 6.45) is -0.526. The standard InChI is InChI=1S/C22H22ClN3O5/c1-24-20(28)17-9-13(27)10-26(17,2)22(14-4-3-5-18-19(14)31-11-30-18)15-8-12(23)6-7-16(15)25-21(22)29/h3-8,13,17,27H,9-11H2,1-2H3,(H-,24,25,28,29)/p+1/t13-,17+,22?,26?/m1/s1. The highest BCUT2D eigenvalue weighted by molar-refractivity contribution is 6.31. The van der Waals surface area contributed by atoms with Crippen molar-refractivity contribution in [1.29, 1.82) is 0 Å². The predicted molar refractivity (Wildman–Crippen MR) is 113 cm³/mol. The van der Waals surface area contributed by atoms with Crippen molar-refractivity contribution >= 4 is 29.1 Å². The van der Waals surface area contributed by atoms with Gasteiger partial charge in [-0.1, -0.05) is 17.7 Å². The van der Waals surface area contributed by atoms with E-state index in [1.807, 2.05) is 13.1 Å². The molecule has 3 N–H and O–H groups in total. The lowest BCUT2D eigenvalue weighted by Crippen LogP contribution is -2.68. The number of hydrogen-bond acceptors (Lipinski definition) is 5. The first-order valence-corrected chi connectivity index (χ1v) is 10.5. The van der Waals surface area contributed by atoms with E-state index in [1.165, 1.54) is 0 Å². The van der Waals surface area contributed by atoms with Gasteiger partial charge in [0.05, 0.1) is 23.9 Å². The number of hydrogen-bond donors (Lipinski definition) is 3. The van der Waals surface area contributed by atoms with E-state index in [4.69, 9.17) is 21.1 Å². The summed E-state index contributed by atoms with van der Waals surface area (Å²) in [5, 5.41) is 16.8. The summed E-state index contributed by atoms with van der Waals surface area (Å²) >= 11 is 6.38. The fourth-order valence-corrected chi connectivity index (χ4v) is 5.73. The SMILES string of the molecule is CNC(=O)[C@@H]1C[C@@H](O)C[N+]1(C)C1(c2cccc3c2OCO3)C(=O)Nc2ccc(Cl)cc21. The molecule has 1 saturated heterocycles. The van der Waals surface area contributed by atoms with Crippen LogP contribution in [0.4, 0.5) is 5.69 Å². The molecule has 2 aromatic carbocycles. The van der Waals surface area contributed by atoms with Crippen LogP contribution >= 0.6 is 11.6 Å². The zero-order chi connectivity index (χ0) is 22.0. The topological polar surface area (TPSA) is 96.9 Å². The Hall–Kier alpha value is -2.81. The van der Waals surface area contributed by atoms with E-state index >= 15 is 0 Å². The van der Waals surface area contributed by atoms with Gasteiger partial charge in [0.1, 0.15) is 12.6 Å². The molecule has 0 saturated carbocycles. The third-order valence-corrected chi connectivity index (χ3v) is 7.06. The Labute approximate surface area is 184 Å². The minimum atomic E-state index is -1.38. The predicted octanol–water partition coefficient (Wildman–Crippen LogP) is 1.59. The van der Waals surface area contributed by atoms with E-state index in [1.54, 1.807) is 37.4 Å². The number of fused-ring (bicyclic) bond motifs is 2. The molecule has 2 amide bonds. The van der Waals surface area contributed by atoms with Gasteiger partial charge in [0, 0.05) is 18.5 Å². The summed E-state index contributed by atoms with van der Waals surface area (Å²) in [6, 6.07) is 9.94. The van der Waals surface area contributed by atoms with Gasteiger partial charge < -0.3 is 25.2 Å². The van der Waals surface area contributed by atoms with Crippen LogP contribution in [0.15, 0.2) is 36.4 Å². The average Bonchev–Trinajstić information content (AvgIpc) is 3.41. The van der Waals surface area contributed by atoms with Gasteiger partial charge in [0.25, 0.3) is 11.8 Å². The van der Waals surface area contributed by atoms with Crippen molar-refractivity contribution in [3.8, 4) is 11.5 Å². The molecule has 31 heavy (non-hydrogen) atoms. The Balaban J connectivity index is 1.87. The van der Waals surface area contributed by atoms with Crippen molar-refractivity contribution in [2.75, 3.05) is 32.7 Å². The van der Waals surface area contributed by atoms with Crippen LogP contribution in [0.2, 0.25) is 5.02 Å². The molecule has 2 aromatic rings. The number of nitrogens with zero attached hydrogens (tertiary/aromatic N) is 1. The molecule has 2 unspecified atom stereocenters. The summed E-state index contributed by atoms with van der Waals surface area (Å²) < 4.78 is 11.3. The van der Waals surface area contributed by atoms with E-state index in [2.05, 4.69) is 10.6 Å². The first-order valence-electron chi connectivity index (χ1n) is 10.1. The Bertz CT molecular complexity index is 1110. The number of carbonyl (C=O) groups excluding carboxylic acids is 2. The molecular formula is C22H23ClN3O5+. The van der Waals surface area contributed by atoms with E-state index in [-0.39, 0.29) is 36.1 Å². The van der Waals surface area contributed by atoms with Crippen molar-refractivity contribution < 1.29 is 28.7 Å². The number of likely N-dealkylation sites (N-methyl/N-ethyl adjacent to an activating group) is 2. The molecule has 4 atom stereocenters. The third-order valence-electron chi connectivity index (χ3n) is 6.82. The minimum Gasteiger partial charge on any atom is -0.454 e. The number of carbonyl (C=O) groups is 2. The summed E-state index contributed by atoms with van der Waals surface area (Å²) in [6.45, 7) is 0.236. The van der Waals surface area contributed by atoms with Crippen LogP contribution in [0.5, 0.6) is 11.5 Å². The summed E-state index contributed by atoms with van der Waals surface area (Å²) in [4.78, 5) is 26.9. The Morgan fingerprint density at radius 1 is 1.29 bits per heavy atom. The number of aliphatic hydroxyl groups excluding tert-OH is 1. The van der Waals surface area contributed by atoms with Gasteiger partial charge in [-0.05, 0) is 30.3 Å². The number of nitrogens with one attached hydrogen (secondary N) is 2. The van der Waals surface area contributed by atoms with Crippen LogP contribution in [0.1, 0.15) is 17.5 Å². The highest BCUT2D eigenvalue weighted by Crippen LogP contribution is 2.56. The van der Waals surface area contributed by atoms with E-state index in [9.17, 15) is 14.7 Å². The molecule has 0 aliphatic carbocycles. The molecule has 0 spiro atoms. The number of aliphatic hydroxyl groups is 1. The second-order valence-electron chi connectivity index (χ2n) is 8.36. The number of halogens is 1. The van der Waals surface area contributed by atoms with Crippen LogP contribution in [0.3, 0.4) is 0 Å². The summed E-state index contributed by atoms with van der Waals surface area (Å²) in [5.74, 6) is 0.440. The number of rotatable bonds is 3. The number of quaternary nitrogens is 1. The minimum absolute atomic E-state index is 0.0393. The van der Waals surface area contributed by atoms with Crippen LogP contribution in [0, 0.1) is 0 Å². The Morgan fingerprint density at radius 3 is 2.87 bits per heavy atom. The first kappa shape index (κ1) is 20.1. The second-order valence-corrected chi connectivity index (χ2v) is 8.80. The van der Waals surface area contributed by atoms with Gasteiger partial charge in [0.15, 0.2) is 17.5 Å². The van der Waals surface area contributed by atoms with Crippen molar-refractivity contribution in [3.63, 3.8) is 0 Å². The normalized spacial score (nSPS) is 30.8.